The molecule has 0 aliphatic carbocycles. The number of phenols is 1. The first-order chi connectivity index (χ1) is 12.9. The lowest BCUT2D eigenvalue weighted by Crippen LogP contribution is -2.18. The van der Waals surface area contributed by atoms with Gasteiger partial charge in [-0.05, 0) is 46.3 Å². The lowest BCUT2D eigenvalue weighted by atomic mass is 9.78. The normalized spacial score (nSPS) is 12.8. The number of unbranched alkanes of at least 4 members (excludes halogenated alkanes) is 7. The van der Waals surface area contributed by atoms with Gasteiger partial charge in [0.1, 0.15) is 5.75 Å². The molecule has 1 heteroatoms. The summed E-state index contributed by atoms with van der Waals surface area (Å²) < 4.78 is 0. The molecule has 0 aromatic heterocycles. The number of hydrogen-bond acceptors (Lipinski definition) is 1. The second-order valence-electron chi connectivity index (χ2n) is 11.3. The van der Waals surface area contributed by atoms with E-state index < -0.39 is 0 Å². The Kier molecular flexibility index (Phi) is 10.1. The summed E-state index contributed by atoms with van der Waals surface area (Å²) in [5, 5.41) is 10.8. The Morgan fingerprint density at radius 3 is 1.46 bits per heavy atom. The summed E-state index contributed by atoms with van der Waals surface area (Å²) in [6.07, 6.45) is 13.5. The van der Waals surface area contributed by atoms with E-state index in [4.69, 9.17) is 0 Å². The van der Waals surface area contributed by atoms with Crippen molar-refractivity contribution in [2.24, 2.45) is 5.92 Å². The van der Waals surface area contributed by atoms with Gasteiger partial charge in [0.25, 0.3) is 0 Å². The van der Waals surface area contributed by atoms with Crippen LogP contribution < -0.4 is 0 Å². The van der Waals surface area contributed by atoms with Crippen molar-refractivity contribution in [3.63, 3.8) is 0 Å². The summed E-state index contributed by atoms with van der Waals surface area (Å²) in [5.74, 6) is 1.36. The molecule has 28 heavy (non-hydrogen) atoms. The van der Waals surface area contributed by atoms with Crippen LogP contribution in [-0.4, -0.2) is 5.11 Å². The van der Waals surface area contributed by atoms with Gasteiger partial charge in [-0.1, -0.05) is 119 Å². The van der Waals surface area contributed by atoms with Gasteiger partial charge in [0.05, 0.1) is 0 Å². The zero-order valence-electron chi connectivity index (χ0n) is 20.3. The Morgan fingerprint density at radius 2 is 1.07 bits per heavy atom. The molecule has 0 aliphatic rings. The lowest BCUT2D eigenvalue weighted by molar-refractivity contribution is 0.422. The van der Waals surface area contributed by atoms with Crippen molar-refractivity contribution in [3.8, 4) is 5.75 Å². The largest absolute Gasteiger partial charge is 0.507 e. The van der Waals surface area contributed by atoms with E-state index in [1.54, 1.807) is 0 Å². The number of aryl methyl sites for hydroxylation is 1. The first-order valence-electron chi connectivity index (χ1n) is 11.8. The van der Waals surface area contributed by atoms with E-state index >= 15 is 0 Å². The zero-order chi connectivity index (χ0) is 21.4. The van der Waals surface area contributed by atoms with Crippen LogP contribution in [0.15, 0.2) is 12.1 Å². The van der Waals surface area contributed by atoms with Crippen molar-refractivity contribution in [1.29, 1.82) is 0 Å². The van der Waals surface area contributed by atoms with Crippen LogP contribution in [-0.2, 0) is 17.3 Å². The number of hydrogen-bond donors (Lipinski definition) is 1. The fraction of sp³-hybridized carbons (Fsp3) is 0.778. The van der Waals surface area contributed by atoms with Crippen LogP contribution in [0.4, 0.5) is 0 Å². The van der Waals surface area contributed by atoms with Crippen molar-refractivity contribution >= 4 is 0 Å². The maximum absolute atomic E-state index is 10.8. The predicted octanol–water partition coefficient (Wildman–Crippen LogP) is 8.70. The van der Waals surface area contributed by atoms with E-state index in [1.165, 1.54) is 63.4 Å². The van der Waals surface area contributed by atoms with E-state index in [2.05, 4.69) is 67.5 Å². The minimum absolute atomic E-state index is 0.0321. The monoisotopic (exact) mass is 388 g/mol. The molecule has 1 aromatic carbocycles. The molecule has 0 heterocycles. The van der Waals surface area contributed by atoms with E-state index in [-0.39, 0.29) is 10.8 Å². The summed E-state index contributed by atoms with van der Waals surface area (Å²) in [7, 11) is 0. The number of aromatic hydroxyl groups is 1. The molecule has 1 rings (SSSR count). The summed E-state index contributed by atoms with van der Waals surface area (Å²) in [6, 6.07) is 4.50. The molecule has 162 valence electrons. The lowest BCUT2D eigenvalue weighted by Gasteiger charge is -2.28. The smallest absolute Gasteiger partial charge is 0.123 e. The van der Waals surface area contributed by atoms with Crippen LogP contribution in [0.2, 0.25) is 0 Å². The van der Waals surface area contributed by atoms with Gasteiger partial charge in [0.2, 0.25) is 0 Å². The highest BCUT2D eigenvalue weighted by molar-refractivity contribution is 5.49. The average molecular weight is 389 g/mol. The first kappa shape index (κ1) is 25.1. The minimum Gasteiger partial charge on any atom is -0.507 e. The fourth-order valence-electron chi connectivity index (χ4n) is 3.92. The third-order valence-electron chi connectivity index (χ3n) is 5.78. The van der Waals surface area contributed by atoms with Crippen LogP contribution in [0.3, 0.4) is 0 Å². The van der Waals surface area contributed by atoms with Crippen molar-refractivity contribution in [2.75, 3.05) is 0 Å². The van der Waals surface area contributed by atoms with Crippen LogP contribution in [0, 0.1) is 5.92 Å². The number of benzene rings is 1. The second-order valence-corrected chi connectivity index (χ2v) is 11.3. The van der Waals surface area contributed by atoms with Crippen molar-refractivity contribution in [3.05, 3.63) is 28.8 Å². The third kappa shape index (κ3) is 9.01. The summed E-state index contributed by atoms with van der Waals surface area (Å²) in [5.41, 5.74) is 3.51. The Hall–Kier alpha value is -0.980. The zero-order valence-corrected chi connectivity index (χ0v) is 20.3. The molecule has 0 aliphatic heterocycles. The SMILES string of the molecule is CC(C)CCCCCCCCCCc1cc(C(C)(C)C)c(O)c(C(C)(C)C)c1. The van der Waals surface area contributed by atoms with Crippen molar-refractivity contribution in [2.45, 2.75) is 130 Å². The van der Waals surface area contributed by atoms with Crippen molar-refractivity contribution < 1.29 is 5.11 Å². The van der Waals surface area contributed by atoms with Crippen LogP contribution in [0.5, 0.6) is 5.75 Å². The van der Waals surface area contributed by atoms with Gasteiger partial charge < -0.3 is 5.11 Å². The minimum atomic E-state index is -0.0321. The van der Waals surface area contributed by atoms with Gasteiger partial charge in [-0.25, -0.2) is 0 Å². The van der Waals surface area contributed by atoms with E-state index in [0.29, 0.717) is 5.75 Å². The molecule has 1 aromatic rings. The maximum atomic E-state index is 10.8. The Bertz CT molecular complexity index is 534. The number of phenolic OH excluding ortho intramolecular Hbond substituents is 1. The van der Waals surface area contributed by atoms with Gasteiger partial charge in [-0.3, -0.25) is 0 Å². The molecule has 0 bridgehead atoms. The van der Waals surface area contributed by atoms with Crippen LogP contribution >= 0.6 is 0 Å². The number of rotatable bonds is 11. The maximum Gasteiger partial charge on any atom is 0.123 e. The molecule has 0 fully saturated rings. The van der Waals surface area contributed by atoms with Gasteiger partial charge in [0.15, 0.2) is 0 Å². The standard InChI is InChI=1S/C27H48O/c1-21(2)17-15-13-11-9-10-12-14-16-18-22-19-23(26(3,4)5)25(28)24(20-22)27(6,7)8/h19-21,28H,9-18H2,1-8H3. The molecule has 1 N–H and O–H groups in total. The fourth-order valence-corrected chi connectivity index (χ4v) is 3.92. The Balaban J connectivity index is 2.48. The molecule has 1 nitrogen and oxygen atoms in total. The summed E-state index contributed by atoms with van der Waals surface area (Å²) in [4.78, 5) is 0. The Morgan fingerprint density at radius 1 is 0.679 bits per heavy atom. The third-order valence-corrected chi connectivity index (χ3v) is 5.78. The first-order valence-corrected chi connectivity index (χ1v) is 11.8. The molecule has 0 saturated heterocycles. The molecule has 0 radical (unpaired) electrons. The predicted molar refractivity (Wildman–Crippen MR) is 126 cm³/mol. The molecule has 0 unspecified atom stereocenters. The van der Waals surface area contributed by atoms with Gasteiger partial charge in [0, 0.05) is 0 Å². The molecule has 0 atom stereocenters. The van der Waals surface area contributed by atoms with Crippen LogP contribution in [0.25, 0.3) is 0 Å². The molecule has 0 spiro atoms. The highest BCUT2D eigenvalue weighted by atomic mass is 16.3. The summed E-state index contributed by atoms with van der Waals surface area (Å²) in [6.45, 7) is 17.8. The quantitative estimate of drug-likeness (QED) is 0.376. The van der Waals surface area contributed by atoms with E-state index in [0.717, 1.165) is 23.5 Å². The molecule has 0 saturated carbocycles. The van der Waals surface area contributed by atoms with Gasteiger partial charge in [-0.15, -0.1) is 0 Å². The summed E-state index contributed by atoms with van der Waals surface area (Å²) >= 11 is 0. The van der Waals surface area contributed by atoms with Crippen molar-refractivity contribution in [1.82, 2.24) is 0 Å². The molecular weight excluding hydrogens is 340 g/mol. The topological polar surface area (TPSA) is 20.2 Å². The van der Waals surface area contributed by atoms with E-state index in [9.17, 15) is 5.11 Å². The van der Waals surface area contributed by atoms with E-state index in [1.807, 2.05) is 0 Å². The average Bonchev–Trinajstić information content (AvgIpc) is 2.55. The molecular formula is C27H48O. The van der Waals surface area contributed by atoms with Gasteiger partial charge >= 0.3 is 0 Å². The second kappa shape index (κ2) is 11.3. The highest BCUT2D eigenvalue weighted by Crippen LogP contribution is 2.40. The molecule has 0 amide bonds. The van der Waals surface area contributed by atoms with Crippen LogP contribution in [0.1, 0.15) is 130 Å². The Labute approximate surface area is 176 Å². The van der Waals surface area contributed by atoms with Gasteiger partial charge in [-0.2, -0.15) is 0 Å². The highest BCUT2D eigenvalue weighted by Gasteiger charge is 2.26.